The number of nitrogens with one attached hydrogen (secondary N) is 1. The molecular formula is C21H22N6O2. The number of ether oxygens (including phenoxy) is 1. The van der Waals surface area contributed by atoms with E-state index in [-0.39, 0.29) is 5.97 Å². The van der Waals surface area contributed by atoms with Gasteiger partial charge in [-0.25, -0.2) is 9.78 Å². The smallest absolute Gasteiger partial charge is 0.337 e. The van der Waals surface area contributed by atoms with Gasteiger partial charge in [0.05, 0.1) is 30.9 Å². The number of fused-ring (bicyclic) bond motifs is 3. The summed E-state index contributed by atoms with van der Waals surface area (Å²) in [5.74, 6) is 0.371. The molecule has 0 bridgehead atoms. The number of rotatable bonds is 7. The molecule has 0 saturated heterocycles. The number of esters is 1. The molecule has 0 amide bonds. The van der Waals surface area contributed by atoms with Crippen LogP contribution in [0, 0.1) is 0 Å². The number of nitrogens with zero attached hydrogens (tertiary/aromatic N) is 4. The number of carbonyl (C=O) groups excluding carboxylic acids is 1. The van der Waals surface area contributed by atoms with Gasteiger partial charge in [0, 0.05) is 47.8 Å². The van der Waals surface area contributed by atoms with E-state index in [1.165, 1.54) is 7.11 Å². The van der Waals surface area contributed by atoms with E-state index in [4.69, 9.17) is 15.5 Å². The summed E-state index contributed by atoms with van der Waals surface area (Å²) in [5, 5.41) is 10.6. The Labute approximate surface area is 167 Å². The van der Waals surface area contributed by atoms with Gasteiger partial charge in [0.1, 0.15) is 5.82 Å². The third kappa shape index (κ3) is 3.88. The van der Waals surface area contributed by atoms with Gasteiger partial charge < -0.3 is 15.8 Å². The topological polar surface area (TPSA) is 108 Å². The predicted molar refractivity (Wildman–Crippen MR) is 112 cm³/mol. The van der Waals surface area contributed by atoms with Crippen molar-refractivity contribution in [3.63, 3.8) is 0 Å². The van der Waals surface area contributed by atoms with Gasteiger partial charge in [-0.15, -0.1) is 0 Å². The number of carbonyl (C=O) groups is 1. The molecule has 8 nitrogen and oxygen atoms in total. The number of hydrogen-bond donors (Lipinski definition) is 2. The van der Waals surface area contributed by atoms with E-state index < -0.39 is 0 Å². The maximum Gasteiger partial charge on any atom is 0.337 e. The Morgan fingerprint density at radius 1 is 1.21 bits per heavy atom. The summed E-state index contributed by atoms with van der Waals surface area (Å²) in [6.45, 7) is 1.97. The highest BCUT2D eigenvalue weighted by Crippen LogP contribution is 2.29. The quantitative estimate of drug-likeness (QED) is 0.368. The molecule has 0 aliphatic carbocycles. The monoisotopic (exact) mass is 390 g/mol. The summed E-state index contributed by atoms with van der Waals surface area (Å²) < 4.78 is 6.67. The molecule has 0 radical (unpaired) electrons. The Bertz CT molecular complexity index is 1170. The lowest BCUT2D eigenvalue weighted by atomic mass is 10.1. The Hall–Kier alpha value is -3.52. The highest BCUT2D eigenvalue weighted by molar-refractivity contribution is 6.10. The molecular weight excluding hydrogens is 368 g/mol. The number of benzene rings is 1. The SMILES string of the molecule is COC(=O)c1ccc2c(c1)nc(NCCc1cnn(CCN)c1)c1ccncc12. The molecule has 4 aromatic rings. The van der Waals surface area contributed by atoms with E-state index >= 15 is 0 Å². The first-order valence-corrected chi connectivity index (χ1v) is 9.40. The normalized spacial score (nSPS) is 11.1. The van der Waals surface area contributed by atoms with E-state index in [9.17, 15) is 4.79 Å². The van der Waals surface area contributed by atoms with Crippen LogP contribution in [0.4, 0.5) is 5.82 Å². The van der Waals surface area contributed by atoms with Gasteiger partial charge in [0.25, 0.3) is 0 Å². The second kappa shape index (κ2) is 8.24. The Balaban J connectivity index is 1.63. The minimum Gasteiger partial charge on any atom is -0.465 e. The molecule has 3 aromatic heterocycles. The van der Waals surface area contributed by atoms with Crippen LogP contribution in [-0.2, 0) is 17.7 Å². The molecule has 0 aliphatic rings. The summed E-state index contributed by atoms with van der Waals surface area (Å²) in [4.78, 5) is 20.9. The van der Waals surface area contributed by atoms with E-state index in [1.54, 1.807) is 18.3 Å². The zero-order chi connectivity index (χ0) is 20.2. The summed E-state index contributed by atoms with van der Waals surface area (Å²) in [7, 11) is 1.37. The van der Waals surface area contributed by atoms with Gasteiger partial charge in [-0.3, -0.25) is 9.67 Å². The van der Waals surface area contributed by atoms with E-state index in [2.05, 4.69) is 15.4 Å². The van der Waals surface area contributed by atoms with Gasteiger partial charge in [-0.05, 0) is 30.2 Å². The molecule has 29 heavy (non-hydrogen) atoms. The Morgan fingerprint density at radius 2 is 2.10 bits per heavy atom. The van der Waals surface area contributed by atoms with Crippen molar-refractivity contribution >= 4 is 33.5 Å². The van der Waals surface area contributed by atoms with Crippen molar-refractivity contribution in [1.82, 2.24) is 19.7 Å². The summed E-state index contributed by atoms with van der Waals surface area (Å²) in [5.41, 5.74) is 7.88. The second-order valence-electron chi connectivity index (χ2n) is 6.68. The highest BCUT2D eigenvalue weighted by Gasteiger charge is 2.12. The minimum absolute atomic E-state index is 0.385. The van der Waals surface area contributed by atoms with Crippen molar-refractivity contribution in [2.24, 2.45) is 5.73 Å². The maximum absolute atomic E-state index is 11.9. The molecule has 0 fully saturated rings. The number of methoxy groups -OCH3 is 1. The molecule has 1 aromatic carbocycles. The number of pyridine rings is 2. The fraction of sp³-hybridized carbons (Fsp3) is 0.238. The van der Waals surface area contributed by atoms with Crippen molar-refractivity contribution in [2.45, 2.75) is 13.0 Å². The zero-order valence-corrected chi connectivity index (χ0v) is 16.1. The van der Waals surface area contributed by atoms with Gasteiger partial charge in [-0.1, -0.05) is 6.07 Å². The molecule has 0 unspecified atom stereocenters. The van der Waals surface area contributed by atoms with Crippen molar-refractivity contribution in [3.05, 3.63) is 60.2 Å². The minimum atomic E-state index is -0.385. The molecule has 0 aliphatic heterocycles. The van der Waals surface area contributed by atoms with Crippen LogP contribution >= 0.6 is 0 Å². The number of nitrogens with two attached hydrogens (primary N) is 1. The van der Waals surface area contributed by atoms with Crippen LogP contribution < -0.4 is 11.1 Å². The maximum atomic E-state index is 11.9. The first-order valence-electron chi connectivity index (χ1n) is 9.40. The average Bonchev–Trinajstić information content (AvgIpc) is 3.20. The average molecular weight is 390 g/mol. The number of aromatic nitrogens is 4. The summed E-state index contributed by atoms with van der Waals surface area (Å²) in [6, 6.07) is 7.32. The van der Waals surface area contributed by atoms with Gasteiger partial charge >= 0.3 is 5.97 Å². The largest absolute Gasteiger partial charge is 0.465 e. The van der Waals surface area contributed by atoms with Crippen LogP contribution in [0.25, 0.3) is 21.7 Å². The molecule has 0 saturated carbocycles. The van der Waals surface area contributed by atoms with Crippen LogP contribution in [-0.4, -0.2) is 45.9 Å². The van der Waals surface area contributed by atoms with Crippen molar-refractivity contribution < 1.29 is 9.53 Å². The molecule has 0 spiro atoms. The van der Waals surface area contributed by atoms with Crippen molar-refractivity contribution in [2.75, 3.05) is 25.5 Å². The fourth-order valence-corrected chi connectivity index (χ4v) is 3.34. The van der Waals surface area contributed by atoms with Crippen LogP contribution in [0.3, 0.4) is 0 Å². The lowest BCUT2D eigenvalue weighted by molar-refractivity contribution is 0.0601. The molecule has 3 N–H and O–H groups in total. The third-order valence-electron chi connectivity index (χ3n) is 4.77. The van der Waals surface area contributed by atoms with E-state index in [1.807, 2.05) is 35.4 Å². The standard InChI is InChI=1S/C21H22N6O2/c1-29-21(28)15-2-3-16-18-12-23-7-5-17(18)20(26-19(16)10-15)24-8-4-14-11-25-27(13-14)9-6-22/h2-3,5,7,10-13H,4,6,8-9,22H2,1H3,(H,24,26). The van der Waals surface area contributed by atoms with Gasteiger partial charge in [-0.2, -0.15) is 5.10 Å². The first-order chi connectivity index (χ1) is 14.2. The molecule has 8 heteroatoms. The van der Waals surface area contributed by atoms with Crippen LogP contribution in [0.5, 0.6) is 0 Å². The second-order valence-corrected chi connectivity index (χ2v) is 6.68. The Kier molecular flexibility index (Phi) is 5.35. The van der Waals surface area contributed by atoms with Crippen LogP contribution in [0.1, 0.15) is 15.9 Å². The molecule has 4 rings (SSSR count). The molecule has 0 atom stereocenters. The molecule has 148 valence electrons. The van der Waals surface area contributed by atoms with Crippen molar-refractivity contribution in [3.8, 4) is 0 Å². The summed E-state index contributed by atoms with van der Waals surface area (Å²) in [6.07, 6.45) is 8.24. The van der Waals surface area contributed by atoms with Gasteiger partial charge in [0.2, 0.25) is 0 Å². The predicted octanol–water partition coefficient (Wildman–Crippen LogP) is 2.38. The number of anilines is 1. The fourth-order valence-electron chi connectivity index (χ4n) is 3.34. The lowest BCUT2D eigenvalue weighted by Crippen LogP contribution is -2.10. The van der Waals surface area contributed by atoms with Gasteiger partial charge in [0.15, 0.2) is 0 Å². The molecule has 3 heterocycles. The summed E-state index contributed by atoms with van der Waals surface area (Å²) >= 11 is 0. The van der Waals surface area contributed by atoms with E-state index in [0.29, 0.717) is 30.7 Å². The highest BCUT2D eigenvalue weighted by atomic mass is 16.5. The van der Waals surface area contributed by atoms with E-state index in [0.717, 1.165) is 34.0 Å². The zero-order valence-electron chi connectivity index (χ0n) is 16.1. The van der Waals surface area contributed by atoms with Crippen molar-refractivity contribution in [1.29, 1.82) is 0 Å². The lowest BCUT2D eigenvalue weighted by Gasteiger charge is -2.11. The Morgan fingerprint density at radius 3 is 2.93 bits per heavy atom. The van der Waals surface area contributed by atoms with Crippen LogP contribution in [0.2, 0.25) is 0 Å². The number of hydrogen-bond acceptors (Lipinski definition) is 7. The third-order valence-corrected chi connectivity index (χ3v) is 4.77. The van der Waals surface area contributed by atoms with Crippen LogP contribution in [0.15, 0.2) is 49.1 Å². The first kappa shape index (κ1) is 18.8.